The molecule has 0 radical (unpaired) electrons. The molecule has 1 heterocycles. The number of nitrogens with zero attached hydrogens (tertiary/aromatic N) is 1. The third-order valence-electron chi connectivity index (χ3n) is 3.34. The summed E-state index contributed by atoms with van der Waals surface area (Å²) in [4.78, 5) is 13.1. The highest BCUT2D eigenvalue weighted by atomic mass is 16.5. The van der Waals surface area contributed by atoms with Gasteiger partial charge in [-0.3, -0.25) is 4.79 Å². The first kappa shape index (κ1) is 12.7. The standard InChI is InChI=1S/C13H17NO4/c1-14-9(7-10(15)13(14)16)8-4-5-11(17-2)12(6-8)18-3/h4-6,9-10,15H,7H2,1-3H3/t9-,10-/m1/s1. The lowest BCUT2D eigenvalue weighted by molar-refractivity contribution is -0.134. The maximum atomic E-state index is 11.6. The molecule has 1 aromatic carbocycles. The molecular weight excluding hydrogens is 234 g/mol. The second-order valence-electron chi connectivity index (χ2n) is 4.33. The number of amides is 1. The van der Waals surface area contributed by atoms with Gasteiger partial charge in [-0.05, 0) is 17.7 Å². The van der Waals surface area contributed by atoms with Crippen LogP contribution < -0.4 is 9.47 Å². The maximum Gasteiger partial charge on any atom is 0.251 e. The van der Waals surface area contributed by atoms with Gasteiger partial charge in [0, 0.05) is 13.5 Å². The lowest BCUT2D eigenvalue weighted by Gasteiger charge is -2.20. The summed E-state index contributed by atoms with van der Waals surface area (Å²) in [5.41, 5.74) is 0.931. The molecule has 5 nitrogen and oxygen atoms in total. The predicted octanol–water partition coefficient (Wildman–Crippen LogP) is 0.968. The van der Waals surface area contributed by atoms with Crippen molar-refractivity contribution in [3.05, 3.63) is 23.8 Å². The second-order valence-corrected chi connectivity index (χ2v) is 4.33. The van der Waals surface area contributed by atoms with Crippen LogP contribution in [0.5, 0.6) is 11.5 Å². The Morgan fingerprint density at radius 2 is 1.94 bits per heavy atom. The Morgan fingerprint density at radius 1 is 1.28 bits per heavy atom. The molecule has 1 fully saturated rings. The third kappa shape index (κ3) is 2.01. The molecule has 0 saturated carbocycles. The van der Waals surface area contributed by atoms with Crippen LogP contribution in [0.3, 0.4) is 0 Å². The summed E-state index contributed by atoms with van der Waals surface area (Å²) in [5, 5.41) is 9.58. The molecule has 0 aromatic heterocycles. The van der Waals surface area contributed by atoms with Gasteiger partial charge in [-0.15, -0.1) is 0 Å². The summed E-state index contributed by atoms with van der Waals surface area (Å²) < 4.78 is 10.4. The smallest absolute Gasteiger partial charge is 0.251 e. The van der Waals surface area contributed by atoms with Crippen molar-refractivity contribution in [2.24, 2.45) is 0 Å². The number of aliphatic hydroxyl groups is 1. The molecule has 1 aliphatic rings. The van der Waals surface area contributed by atoms with Gasteiger partial charge in [0.2, 0.25) is 0 Å². The lowest BCUT2D eigenvalue weighted by Crippen LogP contribution is -2.26. The molecule has 1 N–H and O–H groups in total. The van der Waals surface area contributed by atoms with E-state index in [-0.39, 0.29) is 11.9 Å². The van der Waals surface area contributed by atoms with Crippen LogP contribution in [-0.4, -0.2) is 43.3 Å². The third-order valence-corrected chi connectivity index (χ3v) is 3.34. The van der Waals surface area contributed by atoms with Crippen molar-refractivity contribution in [3.8, 4) is 11.5 Å². The molecule has 98 valence electrons. The van der Waals surface area contributed by atoms with Gasteiger partial charge in [-0.2, -0.15) is 0 Å². The number of carbonyl (C=O) groups excluding carboxylic acids is 1. The normalized spacial score (nSPS) is 23.3. The van der Waals surface area contributed by atoms with Crippen LogP contribution in [0.15, 0.2) is 18.2 Å². The van der Waals surface area contributed by atoms with E-state index in [0.29, 0.717) is 17.9 Å². The molecule has 18 heavy (non-hydrogen) atoms. The highest BCUT2D eigenvalue weighted by Gasteiger charge is 2.36. The molecular formula is C13H17NO4. The Morgan fingerprint density at radius 3 is 2.44 bits per heavy atom. The fourth-order valence-corrected chi connectivity index (χ4v) is 2.28. The number of hydrogen-bond donors (Lipinski definition) is 1. The summed E-state index contributed by atoms with van der Waals surface area (Å²) in [6.07, 6.45) is -0.502. The fourth-order valence-electron chi connectivity index (χ4n) is 2.28. The first-order chi connectivity index (χ1) is 8.58. The van der Waals surface area contributed by atoms with E-state index in [1.165, 1.54) is 0 Å². The van der Waals surface area contributed by atoms with Crippen LogP contribution in [0.25, 0.3) is 0 Å². The largest absolute Gasteiger partial charge is 0.493 e. The molecule has 1 saturated heterocycles. The van der Waals surface area contributed by atoms with E-state index >= 15 is 0 Å². The molecule has 0 spiro atoms. The minimum absolute atomic E-state index is 0.118. The molecule has 1 amide bonds. The number of aliphatic hydroxyl groups excluding tert-OH is 1. The first-order valence-electron chi connectivity index (χ1n) is 5.75. The number of benzene rings is 1. The lowest BCUT2D eigenvalue weighted by atomic mass is 10.0. The summed E-state index contributed by atoms with van der Waals surface area (Å²) >= 11 is 0. The highest BCUT2D eigenvalue weighted by Crippen LogP contribution is 2.36. The topological polar surface area (TPSA) is 59.0 Å². The number of hydrogen-bond acceptors (Lipinski definition) is 4. The summed E-state index contributed by atoms with van der Waals surface area (Å²) in [7, 11) is 4.84. The summed E-state index contributed by atoms with van der Waals surface area (Å²) in [5.74, 6) is 1.03. The molecule has 1 aromatic rings. The van der Waals surface area contributed by atoms with E-state index in [4.69, 9.17) is 9.47 Å². The van der Waals surface area contributed by atoms with E-state index in [1.54, 1.807) is 32.2 Å². The van der Waals surface area contributed by atoms with Crippen LogP contribution in [0, 0.1) is 0 Å². The van der Waals surface area contributed by atoms with Crippen molar-refractivity contribution in [1.29, 1.82) is 0 Å². The van der Waals surface area contributed by atoms with Crippen molar-refractivity contribution in [2.75, 3.05) is 21.3 Å². The number of likely N-dealkylation sites (tertiary alicyclic amines) is 1. The number of carbonyl (C=O) groups is 1. The Hall–Kier alpha value is -1.75. The van der Waals surface area contributed by atoms with Crippen LogP contribution >= 0.6 is 0 Å². The minimum atomic E-state index is -0.909. The van der Waals surface area contributed by atoms with Crippen LogP contribution in [0.4, 0.5) is 0 Å². The average Bonchev–Trinajstić information content (AvgIpc) is 2.65. The average molecular weight is 251 g/mol. The zero-order valence-corrected chi connectivity index (χ0v) is 10.7. The van der Waals surface area contributed by atoms with E-state index in [2.05, 4.69) is 0 Å². The van der Waals surface area contributed by atoms with Crippen LogP contribution in [0.1, 0.15) is 18.0 Å². The van der Waals surface area contributed by atoms with Crippen molar-refractivity contribution in [2.45, 2.75) is 18.6 Å². The quantitative estimate of drug-likeness (QED) is 0.869. The molecule has 0 aliphatic carbocycles. The van der Waals surface area contributed by atoms with Gasteiger partial charge < -0.3 is 19.5 Å². The van der Waals surface area contributed by atoms with Crippen LogP contribution in [-0.2, 0) is 4.79 Å². The van der Waals surface area contributed by atoms with Gasteiger partial charge >= 0.3 is 0 Å². The van der Waals surface area contributed by atoms with Crippen molar-refractivity contribution >= 4 is 5.91 Å². The Kier molecular flexibility index (Phi) is 3.43. The molecule has 5 heteroatoms. The van der Waals surface area contributed by atoms with E-state index in [1.807, 2.05) is 12.1 Å². The number of rotatable bonds is 3. The van der Waals surface area contributed by atoms with Gasteiger partial charge in [0.15, 0.2) is 11.5 Å². The van der Waals surface area contributed by atoms with Gasteiger partial charge in [0.25, 0.3) is 5.91 Å². The first-order valence-corrected chi connectivity index (χ1v) is 5.75. The van der Waals surface area contributed by atoms with E-state index < -0.39 is 6.10 Å². The second kappa shape index (κ2) is 4.86. The monoisotopic (exact) mass is 251 g/mol. The Labute approximate surface area is 106 Å². The maximum absolute atomic E-state index is 11.6. The van der Waals surface area contributed by atoms with E-state index in [0.717, 1.165) is 5.56 Å². The number of methoxy groups -OCH3 is 2. The van der Waals surface area contributed by atoms with Gasteiger partial charge in [-0.25, -0.2) is 0 Å². The number of ether oxygens (including phenoxy) is 2. The van der Waals surface area contributed by atoms with Crippen LogP contribution in [0.2, 0.25) is 0 Å². The zero-order chi connectivity index (χ0) is 13.3. The Balaban J connectivity index is 2.32. The molecule has 0 bridgehead atoms. The molecule has 1 aliphatic heterocycles. The Bertz CT molecular complexity index is 460. The highest BCUT2D eigenvalue weighted by molar-refractivity contribution is 5.83. The molecule has 2 rings (SSSR count). The SMILES string of the molecule is COc1ccc([C@H]2C[C@@H](O)C(=O)N2C)cc1OC. The summed E-state index contributed by atoms with van der Waals surface area (Å²) in [6.45, 7) is 0. The number of likely N-dealkylation sites (N-methyl/N-ethyl adjacent to an activating group) is 1. The van der Waals surface area contributed by atoms with Gasteiger partial charge in [0.05, 0.1) is 20.3 Å². The van der Waals surface area contributed by atoms with Gasteiger partial charge in [-0.1, -0.05) is 6.07 Å². The zero-order valence-electron chi connectivity index (χ0n) is 10.7. The molecule has 0 unspecified atom stereocenters. The minimum Gasteiger partial charge on any atom is -0.493 e. The molecule has 2 atom stereocenters. The summed E-state index contributed by atoms with van der Waals surface area (Å²) in [6, 6.07) is 5.41. The van der Waals surface area contributed by atoms with Crippen molar-refractivity contribution in [1.82, 2.24) is 4.90 Å². The predicted molar refractivity (Wildman–Crippen MR) is 65.7 cm³/mol. The van der Waals surface area contributed by atoms with Crippen molar-refractivity contribution in [3.63, 3.8) is 0 Å². The van der Waals surface area contributed by atoms with Gasteiger partial charge in [0.1, 0.15) is 6.10 Å². The van der Waals surface area contributed by atoms with Crippen molar-refractivity contribution < 1.29 is 19.4 Å². The fraction of sp³-hybridized carbons (Fsp3) is 0.462. The van der Waals surface area contributed by atoms with E-state index in [9.17, 15) is 9.90 Å².